The van der Waals surface area contributed by atoms with Crippen LogP contribution >= 0.6 is 12.2 Å². The van der Waals surface area contributed by atoms with Crippen LogP contribution in [0.2, 0.25) is 0 Å². The van der Waals surface area contributed by atoms with Gasteiger partial charge in [-0.3, -0.25) is 4.79 Å². The van der Waals surface area contributed by atoms with E-state index in [0.29, 0.717) is 6.42 Å². The van der Waals surface area contributed by atoms with Crippen molar-refractivity contribution < 1.29 is 14.3 Å². The maximum absolute atomic E-state index is 10.8. The minimum atomic E-state index is -0.683. The number of esters is 2. The summed E-state index contributed by atoms with van der Waals surface area (Å²) in [6.45, 7) is 3.44. The molecule has 58 valence electrons. The quantitative estimate of drug-likeness (QED) is 0.264. The lowest BCUT2D eigenvalue weighted by Gasteiger charge is -1.96. The Labute approximate surface area is 69.0 Å². The molecular weight excluding hydrogens is 164 g/mol. The van der Waals surface area contributed by atoms with Gasteiger partial charge in [-0.25, -0.2) is 4.79 Å². The van der Waals surface area contributed by atoms with Crippen LogP contribution in [0.1, 0.15) is 6.42 Å². The van der Waals surface area contributed by atoms with Crippen LogP contribution in [0.15, 0.2) is 12.7 Å². The first kappa shape index (κ1) is 8.07. The topological polar surface area (TPSA) is 43.4 Å². The predicted octanol–water partition coefficient (Wildman–Crippen LogP) is 0.632. The van der Waals surface area contributed by atoms with E-state index in [1.165, 1.54) is 6.08 Å². The second kappa shape index (κ2) is 2.92. The standard InChI is InChI=1S/C7H6O3S/c1-2-3-4-5(11)7(9)10-6(4)8/h2,4H,1,3H2. The molecule has 0 N–H and O–H groups in total. The largest absolute Gasteiger partial charge is 0.389 e. The van der Waals surface area contributed by atoms with Crippen LogP contribution in [0.25, 0.3) is 0 Å². The van der Waals surface area contributed by atoms with E-state index in [2.05, 4.69) is 23.5 Å². The van der Waals surface area contributed by atoms with Crippen LogP contribution in [-0.2, 0) is 14.3 Å². The number of rotatable bonds is 2. The minimum Gasteiger partial charge on any atom is -0.389 e. The summed E-state index contributed by atoms with van der Waals surface area (Å²) in [4.78, 5) is 21.5. The molecule has 0 spiro atoms. The van der Waals surface area contributed by atoms with E-state index in [9.17, 15) is 9.59 Å². The first-order valence-electron chi connectivity index (χ1n) is 3.07. The summed E-state index contributed by atoms with van der Waals surface area (Å²) in [6.07, 6.45) is 1.92. The highest BCUT2D eigenvalue weighted by atomic mass is 32.1. The van der Waals surface area contributed by atoms with Gasteiger partial charge >= 0.3 is 11.9 Å². The fraction of sp³-hybridized carbons (Fsp3) is 0.286. The zero-order valence-corrected chi connectivity index (χ0v) is 6.52. The first-order valence-corrected chi connectivity index (χ1v) is 3.48. The highest BCUT2D eigenvalue weighted by Crippen LogP contribution is 2.17. The predicted molar refractivity (Wildman–Crippen MR) is 42.0 cm³/mol. The Morgan fingerprint density at radius 2 is 2.27 bits per heavy atom. The second-order valence-corrected chi connectivity index (χ2v) is 2.59. The summed E-state index contributed by atoms with van der Waals surface area (Å²) in [5.74, 6) is -1.81. The number of hydrogen-bond acceptors (Lipinski definition) is 4. The average molecular weight is 170 g/mol. The Bertz CT molecular complexity index is 244. The van der Waals surface area contributed by atoms with E-state index in [0.717, 1.165) is 0 Å². The Kier molecular flexibility index (Phi) is 2.14. The third-order valence-electron chi connectivity index (χ3n) is 1.40. The molecule has 1 aliphatic rings. The molecule has 11 heavy (non-hydrogen) atoms. The molecule has 0 aromatic heterocycles. The molecule has 0 aliphatic carbocycles. The zero-order chi connectivity index (χ0) is 8.43. The van der Waals surface area contributed by atoms with E-state index < -0.39 is 17.9 Å². The molecule has 1 fully saturated rings. The number of cyclic esters (lactones) is 2. The van der Waals surface area contributed by atoms with Crippen molar-refractivity contribution >= 4 is 29.0 Å². The lowest BCUT2D eigenvalue weighted by atomic mass is 10.0. The van der Waals surface area contributed by atoms with Gasteiger partial charge in [-0.1, -0.05) is 18.3 Å². The molecule has 3 nitrogen and oxygen atoms in total. The van der Waals surface area contributed by atoms with Gasteiger partial charge in [0, 0.05) is 0 Å². The van der Waals surface area contributed by atoms with Crippen molar-refractivity contribution in [1.29, 1.82) is 0 Å². The molecule has 1 atom stereocenters. The molecule has 0 saturated carbocycles. The highest BCUT2D eigenvalue weighted by molar-refractivity contribution is 7.82. The Balaban J connectivity index is 2.79. The Morgan fingerprint density at radius 3 is 2.64 bits per heavy atom. The molecule has 0 aromatic rings. The van der Waals surface area contributed by atoms with Crippen molar-refractivity contribution in [3.05, 3.63) is 12.7 Å². The summed E-state index contributed by atoms with van der Waals surface area (Å²) in [7, 11) is 0. The number of carbonyl (C=O) groups excluding carboxylic acids is 2. The SMILES string of the molecule is C=CCC1C(=O)OC(=O)C1=S. The van der Waals surface area contributed by atoms with Crippen LogP contribution in [0.4, 0.5) is 0 Å². The normalized spacial score (nSPS) is 23.6. The van der Waals surface area contributed by atoms with Gasteiger partial charge in [-0.15, -0.1) is 6.58 Å². The van der Waals surface area contributed by atoms with Crippen molar-refractivity contribution in [2.24, 2.45) is 5.92 Å². The lowest BCUT2D eigenvalue weighted by Crippen LogP contribution is -2.13. The molecule has 4 heteroatoms. The molecule has 1 heterocycles. The molecule has 1 unspecified atom stereocenters. The summed E-state index contributed by atoms with van der Waals surface area (Å²) in [5.41, 5.74) is 0. The summed E-state index contributed by atoms with van der Waals surface area (Å²) < 4.78 is 4.27. The van der Waals surface area contributed by atoms with Crippen LogP contribution in [0.3, 0.4) is 0 Å². The third-order valence-corrected chi connectivity index (χ3v) is 1.85. The molecule has 0 radical (unpaired) electrons. The molecule has 0 bridgehead atoms. The average Bonchev–Trinajstić information content (AvgIpc) is 2.17. The van der Waals surface area contributed by atoms with Crippen LogP contribution < -0.4 is 0 Å². The van der Waals surface area contributed by atoms with Gasteiger partial charge in [0.05, 0.1) is 0 Å². The van der Waals surface area contributed by atoms with Gasteiger partial charge in [-0.2, -0.15) is 0 Å². The molecule has 1 saturated heterocycles. The van der Waals surface area contributed by atoms with Gasteiger partial charge in [0.25, 0.3) is 0 Å². The Hall–Kier alpha value is -1.03. The number of allylic oxidation sites excluding steroid dienone is 1. The van der Waals surface area contributed by atoms with Gasteiger partial charge in [-0.05, 0) is 6.42 Å². The Morgan fingerprint density at radius 1 is 1.64 bits per heavy atom. The van der Waals surface area contributed by atoms with E-state index in [4.69, 9.17) is 0 Å². The fourth-order valence-corrected chi connectivity index (χ4v) is 1.07. The zero-order valence-electron chi connectivity index (χ0n) is 5.70. The van der Waals surface area contributed by atoms with Gasteiger partial charge in [0.2, 0.25) is 0 Å². The monoisotopic (exact) mass is 170 g/mol. The summed E-state index contributed by atoms with van der Waals surface area (Å²) >= 11 is 4.66. The summed E-state index contributed by atoms with van der Waals surface area (Å²) in [6, 6.07) is 0. The van der Waals surface area contributed by atoms with Crippen LogP contribution in [0, 0.1) is 5.92 Å². The van der Waals surface area contributed by atoms with Crippen molar-refractivity contribution in [3.8, 4) is 0 Å². The molecule has 0 aromatic carbocycles. The second-order valence-electron chi connectivity index (χ2n) is 2.15. The van der Waals surface area contributed by atoms with E-state index in [1.807, 2.05) is 0 Å². The first-order chi connectivity index (χ1) is 5.16. The fourth-order valence-electron chi connectivity index (χ4n) is 0.832. The third kappa shape index (κ3) is 1.35. The molecular formula is C7H6O3S. The van der Waals surface area contributed by atoms with Crippen LogP contribution in [0.5, 0.6) is 0 Å². The lowest BCUT2D eigenvalue weighted by molar-refractivity contribution is -0.152. The van der Waals surface area contributed by atoms with Gasteiger partial charge in [0.15, 0.2) is 0 Å². The van der Waals surface area contributed by atoms with Gasteiger partial charge < -0.3 is 4.74 Å². The minimum absolute atomic E-state index is 0.0647. The van der Waals surface area contributed by atoms with E-state index in [1.54, 1.807) is 0 Å². The highest BCUT2D eigenvalue weighted by Gasteiger charge is 2.38. The smallest absolute Gasteiger partial charge is 0.353 e. The van der Waals surface area contributed by atoms with E-state index in [-0.39, 0.29) is 4.86 Å². The number of thiocarbonyl (C=S) groups is 1. The number of hydrogen-bond donors (Lipinski definition) is 0. The molecule has 1 aliphatic heterocycles. The van der Waals surface area contributed by atoms with Gasteiger partial charge in [0.1, 0.15) is 10.8 Å². The van der Waals surface area contributed by atoms with E-state index >= 15 is 0 Å². The molecule has 0 amide bonds. The van der Waals surface area contributed by atoms with Crippen molar-refractivity contribution in [2.45, 2.75) is 6.42 Å². The van der Waals surface area contributed by atoms with Crippen molar-refractivity contribution in [2.75, 3.05) is 0 Å². The number of ether oxygens (including phenoxy) is 1. The maximum Gasteiger partial charge on any atom is 0.353 e. The van der Waals surface area contributed by atoms with Crippen LogP contribution in [-0.4, -0.2) is 16.8 Å². The molecule has 1 rings (SSSR count). The number of carbonyl (C=O) groups is 2. The summed E-state index contributed by atoms with van der Waals surface area (Å²) in [5, 5.41) is 0. The maximum atomic E-state index is 10.8. The van der Waals surface area contributed by atoms with Crippen molar-refractivity contribution in [1.82, 2.24) is 0 Å². The van der Waals surface area contributed by atoms with Crippen molar-refractivity contribution in [3.63, 3.8) is 0 Å².